The quantitative estimate of drug-likeness (QED) is 0.811. The van der Waals surface area contributed by atoms with Gasteiger partial charge in [-0.1, -0.05) is 0 Å². The predicted molar refractivity (Wildman–Crippen MR) is 62.8 cm³/mol. The molecule has 20 heavy (non-hydrogen) atoms. The fourth-order valence-electron chi connectivity index (χ4n) is 1.52. The lowest BCUT2D eigenvalue weighted by atomic mass is 10.1. The molecule has 0 saturated heterocycles. The second-order valence-electron chi connectivity index (χ2n) is 3.89. The van der Waals surface area contributed by atoms with Crippen LogP contribution < -0.4 is 4.74 Å². The maximum absolute atomic E-state index is 12.5. The molecule has 0 atom stereocenters. The number of rotatable bonds is 2. The molecule has 0 aliphatic carbocycles. The van der Waals surface area contributed by atoms with Crippen LogP contribution in [0.1, 0.15) is 11.1 Å². The van der Waals surface area contributed by atoms with E-state index in [1.807, 2.05) is 0 Å². The summed E-state index contributed by atoms with van der Waals surface area (Å²) in [7, 11) is 0. The van der Waals surface area contributed by atoms with Crippen molar-refractivity contribution in [1.82, 2.24) is 0 Å². The van der Waals surface area contributed by atoms with Crippen LogP contribution in [0.2, 0.25) is 0 Å². The zero-order valence-corrected chi connectivity index (χ0v) is 9.94. The van der Waals surface area contributed by atoms with Gasteiger partial charge in [0.05, 0.1) is 11.1 Å². The lowest BCUT2D eigenvalue weighted by molar-refractivity contribution is -0.137. The Morgan fingerprint density at radius 1 is 1.05 bits per heavy atom. The summed E-state index contributed by atoms with van der Waals surface area (Å²) in [6.45, 7) is 0. The van der Waals surface area contributed by atoms with Crippen LogP contribution in [0, 0.1) is 11.3 Å². The van der Waals surface area contributed by atoms with Gasteiger partial charge in [-0.2, -0.15) is 18.4 Å². The maximum Gasteiger partial charge on any atom is 0.416 e. The van der Waals surface area contributed by atoms with Crippen LogP contribution in [0.3, 0.4) is 0 Å². The van der Waals surface area contributed by atoms with Gasteiger partial charge in [-0.3, -0.25) is 5.11 Å². The Bertz CT molecular complexity index is 658. The molecule has 0 heterocycles. The zero-order chi connectivity index (χ0) is 14.8. The van der Waals surface area contributed by atoms with E-state index in [1.54, 1.807) is 6.07 Å². The molecule has 0 amide bonds. The van der Waals surface area contributed by atoms with E-state index < -0.39 is 11.7 Å². The molecule has 6 heteroatoms. The van der Waals surface area contributed by atoms with Crippen LogP contribution in [0.5, 0.6) is 17.2 Å². The van der Waals surface area contributed by atoms with Crippen LogP contribution in [-0.2, 0) is 11.3 Å². The number of ether oxygens (including phenoxy) is 1. The number of hydrogen-bond donors (Lipinski definition) is 0. The fourth-order valence-corrected chi connectivity index (χ4v) is 1.52. The Labute approximate surface area is 112 Å². The third-order valence-electron chi connectivity index (χ3n) is 2.48. The molecular formula is C14H7F3NO2. The molecule has 0 unspecified atom stereocenters. The highest BCUT2D eigenvalue weighted by atomic mass is 19.4. The van der Waals surface area contributed by atoms with Gasteiger partial charge in [0.2, 0.25) is 0 Å². The van der Waals surface area contributed by atoms with Gasteiger partial charge in [-0.05, 0) is 42.5 Å². The molecule has 0 aliphatic heterocycles. The van der Waals surface area contributed by atoms with Crippen LogP contribution in [-0.4, -0.2) is 0 Å². The normalized spacial score (nSPS) is 10.9. The highest BCUT2D eigenvalue weighted by Crippen LogP contribution is 2.34. The monoisotopic (exact) mass is 278 g/mol. The average Bonchev–Trinajstić information content (AvgIpc) is 2.40. The van der Waals surface area contributed by atoms with Gasteiger partial charge in [0.1, 0.15) is 17.6 Å². The summed E-state index contributed by atoms with van der Waals surface area (Å²) in [6, 6.07) is 9.54. The van der Waals surface area contributed by atoms with Crippen molar-refractivity contribution in [3.63, 3.8) is 0 Å². The Balaban J connectivity index is 2.33. The first-order chi connectivity index (χ1) is 9.40. The second kappa shape index (κ2) is 5.13. The molecule has 3 nitrogen and oxygen atoms in total. The molecule has 2 aromatic carbocycles. The number of benzene rings is 2. The fraction of sp³-hybridized carbons (Fsp3) is 0.0714. The first-order valence-corrected chi connectivity index (χ1v) is 5.46. The number of nitrogens with zero attached hydrogens (tertiary/aromatic N) is 1. The molecule has 0 bridgehead atoms. The van der Waals surface area contributed by atoms with E-state index in [-0.39, 0.29) is 22.8 Å². The van der Waals surface area contributed by atoms with Crippen LogP contribution in [0.15, 0.2) is 42.5 Å². The van der Waals surface area contributed by atoms with Crippen molar-refractivity contribution in [3.8, 4) is 23.3 Å². The summed E-state index contributed by atoms with van der Waals surface area (Å²) < 4.78 is 42.9. The van der Waals surface area contributed by atoms with E-state index in [9.17, 15) is 18.3 Å². The van der Waals surface area contributed by atoms with E-state index in [2.05, 4.69) is 0 Å². The van der Waals surface area contributed by atoms with Crippen molar-refractivity contribution in [1.29, 1.82) is 5.26 Å². The van der Waals surface area contributed by atoms with E-state index in [4.69, 9.17) is 10.00 Å². The highest BCUT2D eigenvalue weighted by molar-refractivity contribution is 5.48. The van der Waals surface area contributed by atoms with Gasteiger partial charge < -0.3 is 4.74 Å². The SMILES string of the molecule is N#Cc1cc(C(F)(F)F)ccc1Oc1ccc([O])cc1. The summed E-state index contributed by atoms with van der Waals surface area (Å²) in [4.78, 5) is 0. The number of halogens is 3. The molecule has 0 fully saturated rings. The Morgan fingerprint density at radius 2 is 1.70 bits per heavy atom. The molecule has 1 radical (unpaired) electrons. The molecule has 101 valence electrons. The minimum atomic E-state index is -4.52. The van der Waals surface area contributed by atoms with Crippen LogP contribution in [0.4, 0.5) is 13.2 Å². The molecule has 2 aromatic rings. The Hall–Kier alpha value is -2.68. The van der Waals surface area contributed by atoms with Gasteiger partial charge in [-0.15, -0.1) is 0 Å². The van der Waals surface area contributed by atoms with E-state index in [0.717, 1.165) is 18.2 Å². The maximum atomic E-state index is 12.5. The van der Waals surface area contributed by atoms with Crippen LogP contribution >= 0.6 is 0 Å². The molecular weight excluding hydrogens is 271 g/mol. The summed E-state index contributed by atoms with van der Waals surface area (Å²) in [5.74, 6) is 0.0466. The summed E-state index contributed by atoms with van der Waals surface area (Å²) in [6.07, 6.45) is -4.52. The van der Waals surface area contributed by atoms with Crippen molar-refractivity contribution in [3.05, 3.63) is 53.6 Å². The van der Waals surface area contributed by atoms with Crippen molar-refractivity contribution >= 4 is 0 Å². The molecule has 0 N–H and O–H groups in total. The van der Waals surface area contributed by atoms with Gasteiger partial charge >= 0.3 is 6.18 Å². The Morgan fingerprint density at radius 3 is 2.25 bits per heavy atom. The summed E-state index contributed by atoms with van der Waals surface area (Å²) in [5, 5.41) is 19.8. The molecule has 0 aromatic heterocycles. The van der Waals surface area contributed by atoms with E-state index >= 15 is 0 Å². The molecule has 0 spiro atoms. The van der Waals surface area contributed by atoms with Gasteiger partial charge in [-0.25, -0.2) is 0 Å². The first kappa shape index (κ1) is 13.7. The number of hydrogen-bond acceptors (Lipinski definition) is 2. The van der Waals surface area contributed by atoms with E-state index in [0.29, 0.717) is 0 Å². The van der Waals surface area contributed by atoms with Gasteiger partial charge in [0.25, 0.3) is 0 Å². The highest BCUT2D eigenvalue weighted by Gasteiger charge is 2.31. The third kappa shape index (κ3) is 3.01. The lowest BCUT2D eigenvalue weighted by Crippen LogP contribution is -2.05. The van der Waals surface area contributed by atoms with Crippen molar-refractivity contribution in [2.24, 2.45) is 0 Å². The molecule has 2 rings (SSSR count). The minimum Gasteiger partial charge on any atom is -0.456 e. The van der Waals surface area contributed by atoms with E-state index in [1.165, 1.54) is 24.3 Å². The Kier molecular flexibility index (Phi) is 3.53. The number of alkyl halides is 3. The van der Waals surface area contributed by atoms with Crippen LogP contribution in [0.25, 0.3) is 0 Å². The standard InChI is InChI=1S/C14H7F3NO2/c15-14(16,17)10-1-6-13(9(7-10)8-18)20-12-4-2-11(19)3-5-12/h1-7H. The summed E-state index contributed by atoms with van der Waals surface area (Å²) >= 11 is 0. The third-order valence-corrected chi connectivity index (χ3v) is 2.48. The molecule has 0 saturated carbocycles. The average molecular weight is 278 g/mol. The predicted octanol–water partition coefficient (Wildman–Crippen LogP) is 4.51. The molecule has 0 aliphatic rings. The first-order valence-electron chi connectivity index (χ1n) is 5.46. The topological polar surface area (TPSA) is 52.9 Å². The summed E-state index contributed by atoms with van der Waals surface area (Å²) in [5.41, 5.74) is -1.15. The van der Waals surface area contributed by atoms with Gasteiger partial charge in [0.15, 0.2) is 5.75 Å². The van der Waals surface area contributed by atoms with Crippen molar-refractivity contribution < 1.29 is 23.0 Å². The lowest BCUT2D eigenvalue weighted by Gasteiger charge is -2.10. The number of nitriles is 1. The van der Waals surface area contributed by atoms with Gasteiger partial charge in [0, 0.05) is 0 Å². The van der Waals surface area contributed by atoms with Crippen molar-refractivity contribution in [2.45, 2.75) is 6.18 Å². The smallest absolute Gasteiger partial charge is 0.416 e. The van der Waals surface area contributed by atoms with Crippen molar-refractivity contribution in [2.75, 3.05) is 0 Å². The zero-order valence-electron chi connectivity index (χ0n) is 9.94. The minimum absolute atomic E-state index is 0.000788. The second-order valence-corrected chi connectivity index (χ2v) is 3.89. The largest absolute Gasteiger partial charge is 0.456 e.